The van der Waals surface area contributed by atoms with Gasteiger partial charge < -0.3 is 5.32 Å². The van der Waals surface area contributed by atoms with Gasteiger partial charge >= 0.3 is 0 Å². The number of nitrogens with one attached hydrogen (secondary N) is 1. The molecule has 1 N–H and O–H groups in total. The van der Waals surface area contributed by atoms with Crippen molar-refractivity contribution in [3.63, 3.8) is 0 Å². The van der Waals surface area contributed by atoms with Gasteiger partial charge in [-0.3, -0.25) is 4.79 Å². The number of carbonyl (C=O) groups excluding carboxylic acids is 1. The molecule has 1 unspecified atom stereocenters. The second kappa shape index (κ2) is 7.29. The molecule has 2 aromatic rings. The third-order valence-corrected chi connectivity index (χ3v) is 3.27. The van der Waals surface area contributed by atoms with E-state index in [1.165, 1.54) is 11.6 Å². The fourth-order valence-electron chi connectivity index (χ4n) is 2.19. The van der Waals surface area contributed by atoms with Crippen LogP contribution < -0.4 is 5.32 Å². The molecule has 2 rings (SSSR count). The Labute approximate surface area is 120 Å². The van der Waals surface area contributed by atoms with Gasteiger partial charge in [-0.05, 0) is 30.0 Å². The molecule has 0 radical (unpaired) electrons. The Morgan fingerprint density at radius 2 is 1.65 bits per heavy atom. The summed E-state index contributed by atoms with van der Waals surface area (Å²) in [5, 5.41) is 3.00. The van der Waals surface area contributed by atoms with E-state index in [1.807, 2.05) is 48.5 Å². The van der Waals surface area contributed by atoms with E-state index >= 15 is 0 Å². The zero-order valence-electron chi connectivity index (χ0n) is 11.5. The summed E-state index contributed by atoms with van der Waals surface area (Å²) >= 11 is 0. The van der Waals surface area contributed by atoms with Crippen molar-refractivity contribution in [1.82, 2.24) is 5.32 Å². The first-order valence-electron chi connectivity index (χ1n) is 6.81. The standard InChI is InChI=1S/C18H19NO/c1-2-18(20)19-17(16-11-7-4-8-12-16)14-13-15-9-5-3-6-10-15/h2-12,17H,1,13-14H2,(H,19,20). The number of aryl methyl sites for hydroxylation is 1. The van der Waals surface area contributed by atoms with Gasteiger partial charge in [-0.1, -0.05) is 67.2 Å². The van der Waals surface area contributed by atoms with Crippen LogP contribution in [-0.4, -0.2) is 5.91 Å². The summed E-state index contributed by atoms with van der Waals surface area (Å²) in [5.41, 5.74) is 2.40. The molecule has 1 amide bonds. The van der Waals surface area contributed by atoms with Crippen molar-refractivity contribution in [1.29, 1.82) is 0 Å². The van der Waals surface area contributed by atoms with Gasteiger partial charge in [0.25, 0.3) is 0 Å². The van der Waals surface area contributed by atoms with E-state index in [4.69, 9.17) is 0 Å². The molecule has 2 heteroatoms. The predicted molar refractivity (Wildman–Crippen MR) is 82.3 cm³/mol. The summed E-state index contributed by atoms with van der Waals surface area (Å²) in [4.78, 5) is 11.6. The van der Waals surface area contributed by atoms with Crippen molar-refractivity contribution >= 4 is 5.91 Å². The van der Waals surface area contributed by atoms with Crippen LogP contribution in [0, 0.1) is 0 Å². The van der Waals surface area contributed by atoms with Crippen LogP contribution in [-0.2, 0) is 11.2 Å². The summed E-state index contributed by atoms with van der Waals surface area (Å²) in [6.45, 7) is 3.51. The van der Waals surface area contributed by atoms with Crippen LogP contribution >= 0.6 is 0 Å². The Kier molecular flexibility index (Phi) is 5.13. The van der Waals surface area contributed by atoms with Crippen LogP contribution in [0.25, 0.3) is 0 Å². The van der Waals surface area contributed by atoms with E-state index in [9.17, 15) is 4.79 Å². The molecule has 0 saturated carbocycles. The lowest BCUT2D eigenvalue weighted by Crippen LogP contribution is -2.27. The van der Waals surface area contributed by atoms with Crippen LogP contribution in [0.4, 0.5) is 0 Å². The number of hydrogen-bond acceptors (Lipinski definition) is 1. The van der Waals surface area contributed by atoms with Gasteiger partial charge in [-0.2, -0.15) is 0 Å². The zero-order chi connectivity index (χ0) is 14.2. The molecule has 20 heavy (non-hydrogen) atoms. The highest BCUT2D eigenvalue weighted by Gasteiger charge is 2.12. The molecule has 0 aromatic heterocycles. The van der Waals surface area contributed by atoms with Gasteiger partial charge in [0, 0.05) is 0 Å². The maximum atomic E-state index is 11.6. The Morgan fingerprint density at radius 1 is 1.05 bits per heavy atom. The van der Waals surface area contributed by atoms with Crippen molar-refractivity contribution < 1.29 is 4.79 Å². The summed E-state index contributed by atoms with van der Waals surface area (Å²) in [5.74, 6) is -0.132. The minimum absolute atomic E-state index is 0.0157. The monoisotopic (exact) mass is 265 g/mol. The minimum Gasteiger partial charge on any atom is -0.346 e. The summed E-state index contributed by atoms with van der Waals surface area (Å²) in [6.07, 6.45) is 3.11. The normalized spacial score (nSPS) is 11.6. The van der Waals surface area contributed by atoms with E-state index < -0.39 is 0 Å². The highest BCUT2D eigenvalue weighted by Crippen LogP contribution is 2.19. The first kappa shape index (κ1) is 14.1. The molecule has 0 aliphatic carbocycles. The lowest BCUT2D eigenvalue weighted by Gasteiger charge is -2.18. The SMILES string of the molecule is C=CC(=O)NC(CCc1ccccc1)c1ccccc1. The Balaban J connectivity index is 2.07. The lowest BCUT2D eigenvalue weighted by molar-refractivity contribution is -0.117. The smallest absolute Gasteiger partial charge is 0.243 e. The first-order valence-corrected chi connectivity index (χ1v) is 6.81. The molecule has 0 spiro atoms. The molecule has 0 fully saturated rings. The number of hydrogen-bond donors (Lipinski definition) is 1. The van der Waals surface area contributed by atoms with Crippen molar-refractivity contribution in [3.05, 3.63) is 84.4 Å². The fourth-order valence-corrected chi connectivity index (χ4v) is 2.19. The zero-order valence-corrected chi connectivity index (χ0v) is 11.5. The van der Waals surface area contributed by atoms with Crippen LogP contribution in [0.1, 0.15) is 23.6 Å². The van der Waals surface area contributed by atoms with E-state index in [0.29, 0.717) is 0 Å². The van der Waals surface area contributed by atoms with E-state index in [-0.39, 0.29) is 11.9 Å². The van der Waals surface area contributed by atoms with Crippen molar-refractivity contribution in [2.24, 2.45) is 0 Å². The van der Waals surface area contributed by atoms with Crippen molar-refractivity contribution in [2.75, 3.05) is 0 Å². The van der Waals surface area contributed by atoms with Gasteiger partial charge in [-0.15, -0.1) is 0 Å². The van der Waals surface area contributed by atoms with Gasteiger partial charge in [0.2, 0.25) is 5.91 Å². The van der Waals surface area contributed by atoms with Crippen LogP contribution in [0.3, 0.4) is 0 Å². The summed E-state index contributed by atoms with van der Waals surface area (Å²) < 4.78 is 0. The Morgan fingerprint density at radius 3 is 2.25 bits per heavy atom. The number of rotatable bonds is 6. The van der Waals surface area contributed by atoms with Gasteiger partial charge in [0.1, 0.15) is 0 Å². The lowest BCUT2D eigenvalue weighted by atomic mass is 9.99. The third kappa shape index (κ3) is 4.09. The topological polar surface area (TPSA) is 29.1 Å². The maximum Gasteiger partial charge on any atom is 0.243 e. The molecular weight excluding hydrogens is 246 g/mol. The van der Waals surface area contributed by atoms with Crippen LogP contribution in [0.5, 0.6) is 0 Å². The quantitative estimate of drug-likeness (QED) is 0.793. The van der Waals surface area contributed by atoms with Crippen LogP contribution in [0.2, 0.25) is 0 Å². The third-order valence-electron chi connectivity index (χ3n) is 3.27. The number of carbonyl (C=O) groups is 1. The molecule has 0 aliphatic rings. The average molecular weight is 265 g/mol. The first-order chi connectivity index (χ1) is 9.79. The molecule has 1 atom stereocenters. The molecular formula is C18H19NO. The summed E-state index contributed by atoms with van der Waals surface area (Å²) in [7, 11) is 0. The maximum absolute atomic E-state index is 11.6. The predicted octanol–water partition coefficient (Wildman–Crippen LogP) is 3.66. The van der Waals surface area contributed by atoms with E-state index in [0.717, 1.165) is 18.4 Å². The highest BCUT2D eigenvalue weighted by atomic mass is 16.1. The molecule has 0 saturated heterocycles. The second-order valence-electron chi connectivity index (χ2n) is 4.70. The highest BCUT2D eigenvalue weighted by molar-refractivity contribution is 5.87. The molecule has 0 aliphatic heterocycles. The molecule has 0 bridgehead atoms. The van der Waals surface area contributed by atoms with E-state index in [1.54, 1.807) is 0 Å². The number of benzene rings is 2. The minimum atomic E-state index is -0.132. The molecule has 102 valence electrons. The Bertz CT molecular complexity index is 548. The van der Waals surface area contributed by atoms with Gasteiger partial charge in [0.15, 0.2) is 0 Å². The molecule has 0 heterocycles. The summed E-state index contributed by atoms with van der Waals surface area (Å²) in [6, 6.07) is 20.4. The largest absolute Gasteiger partial charge is 0.346 e. The fraction of sp³-hybridized carbons (Fsp3) is 0.167. The Hall–Kier alpha value is -2.35. The van der Waals surface area contributed by atoms with Gasteiger partial charge in [-0.25, -0.2) is 0 Å². The molecule has 2 aromatic carbocycles. The van der Waals surface area contributed by atoms with Gasteiger partial charge in [0.05, 0.1) is 6.04 Å². The number of amides is 1. The average Bonchev–Trinajstić information content (AvgIpc) is 2.53. The van der Waals surface area contributed by atoms with Crippen LogP contribution in [0.15, 0.2) is 73.3 Å². The van der Waals surface area contributed by atoms with E-state index in [2.05, 4.69) is 24.0 Å². The van der Waals surface area contributed by atoms with Crippen molar-refractivity contribution in [2.45, 2.75) is 18.9 Å². The van der Waals surface area contributed by atoms with Crippen molar-refractivity contribution in [3.8, 4) is 0 Å². The second-order valence-corrected chi connectivity index (χ2v) is 4.70. The molecule has 2 nitrogen and oxygen atoms in total.